The Labute approximate surface area is 219 Å². The molecule has 2 aromatic carbocycles. The normalized spacial score (nSPS) is 11.8. The number of hydrogen-bond acceptors (Lipinski definition) is 5. The van der Waals surface area contributed by atoms with Gasteiger partial charge in [-0.15, -0.1) is 0 Å². The van der Waals surface area contributed by atoms with Crippen molar-refractivity contribution in [2.45, 2.75) is 39.3 Å². The number of nitrogens with zero attached hydrogens (tertiary/aromatic N) is 2. The fourth-order valence-corrected chi connectivity index (χ4v) is 3.93. The third-order valence-corrected chi connectivity index (χ3v) is 6.33. The molecule has 0 N–H and O–H groups in total. The number of carbonyl (C=O) groups is 2. The van der Waals surface area contributed by atoms with E-state index in [2.05, 4.69) is 0 Å². The molecule has 0 aliphatic rings. The van der Waals surface area contributed by atoms with Crippen LogP contribution in [0.1, 0.15) is 37.2 Å². The number of furan rings is 1. The van der Waals surface area contributed by atoms with E-state index in [1.807, 2.05) is 68.4 Å². The standard InChI is InChI=1S/C30H36N2O5/c1-5-23(2)32(29(33)16-14-24-10-7-6-8-11-24)22-30(34)31(21-26-12-9-19-37-26)18-17-25-13-15-27(35-3)28(20-25)36-4/h6-16,19-20,23H,5,17-18,21-22H2,1-4H3/b16-14+/t23-/m1/s1. The molecule has 1 aromatic heterocycles. The van der Waals surface area contributed by atoms with Crippen LogP contribution in [0.5, 0.6) is 11.5 Å². The lowest BCUT2D eigenvalue weighted by molar-refractivity contribution is -0.140. The van der Waals surface area contributed by atoms with Crippen LogP contribution in [0.4, 0.5) is 0 Å². The zero-order chi connectivity index (χ0) is 26.6. The van der Waals surface area contributed by atoms with E-state index in [0.29, 0.717) is 36.8 Å². The summed E-state index contributed by atoms with van der Waals surface area (Å²) in [5, 5.41) is 0. The number of ether oxygens (including phenoxy) is 2. The van der Waals surface area contributed by atoms with Crippen molar-refractivity contribution in [2.24, 2.45) is 0 Å². The minimum Gasteiger partial charge on any atom is -0.493 e. The summed E-state index contributed by atoms with van der Waals surface area (Å²) in [6.45, 7) is 4.73. The van der Waals surface area contributed by atoms with Crippen LogP contribution >= 0.6 is 0 Å². The van der Waals surface area contributed by atoms with Gasteiger partial charge in [-0.25, -0.2) is 0 Å². The van der Waals surface area contributed by atoms with E-state index < -0.39 is 0 Å². The van der Waals surface area contributed by atoms with Crippen LogP contribution in [0.2, 0.25) is 0 Å². The second-order valence-corrected chi connectivity index (χ2v) is 8.80. The minimum atomic E-state index is -0.190. The van der Waals surface area contributed by atoms with Crippen molar-refractivity contribution in [3.05, 3.63) is 89.9 Å². The van der Waals surface area contributed by atoms with E-state index >= 15 is 0 Å². The van der Waals surface area contributed by atoms with E-state index in [1.165, 1.54) is 6.08 Å². The monoisotopic (exact) mass is 504 g/mol. The first-order chi connectivity index (χ1) is 17.9. The maximum absolute atomic E-state index is 13.5. The van der Waals surface area contributed by atoms with E-state index in [-0.39, 0.29) is 24.4 Å². The lowest BCUT2D eigenvalue weighted by Crippen LogP contribution is -2.46. The number of rotatable bonds is 13. The van der Waals surface area contributed by atoms with Crippen molar-refractivity contribution in [3.63, 3.8) is 0 Å². The van der Waals surface area contributed by atoms with Gasteiger partial charge in [0.15, 0.2) is 11.5 Å². The first kappa shape index (κ1) is 27.6. The van der Waals surface area contributed by atoms with Gasteiger partial charge in [0.05, 0.1) is 27.0 Å². The Morgan fingerprint density at radius 1 is 1.00 bits per heavy atom. The lowest BCUT2D eigenvalue weighted by Gasteiger charge is -2.30. The van der Waals surface area contributed by atoms with Crippen LogP contribution in [-0.2, 0) is 22.6 Å². The quantitative estimate of drug-likeness (QED) is 0.299. The summed E-state index contributed by atoms with van der Waals surface area (Å²) in [7, 11) is 3.20. The topological polar surface area (TPSA) is 72.2 Å². The molecule has 2 amide bonds. The molecule has 7 nitrogen and oxygen atoms in total. The molecule has 1 heterocycles. The van der Waals surface area contributed by atoms with Gasteiger partial charge < -0.3 is 23.7 Å². The molecule has 0 saturated heterocycles. The molecule has 0 saturated carbocycles. The number of methoxy groups -OCH3 is 2. The predicted molar refractivity (Wildman–Crippen MR) is 144 cm³/mol. The van der Waals surface area contributed by atoms with Crippen LogP contribution < -0.4 is 9.47 Å². The third kappa shape index (κ3) is 8.00. The molecule has 1 atom stereocenters. The van der Waals surface area contributed by atoms with Gasteiger partial charge >= 0.3 is 0 Å². The molecule has 0 aliphatic carbocycles. The first-order valence-electron chi connectivity index (χ1n) is 12.5. The molecule has 0 spiro atoms. The highest BCUT2D eigenvalue weighted by Crippen LogP contribution is 2.27. The Bertz CT molecular complexity index is 1160. The van der Waals surface area contributed by atoms with Crippen LogP contribution in [-0.4, -0.2) is 55.0 Å². The van der Waals surface area contributed by atoms with E-state index in [4.69, 9.17) is 13.9 Å². The molecule has 3 aromatic rings. The van der Waals surface area contributed by atoms with Crippen molar-refractivity contribution in [2.75, 3.05) is 27.3 Å². The Balaban J connectivity index is 1.75. The summed E-state index contributed by atoms with van der Waals surface area (Å²) in [5.74, 6) is 1.65. The van der Waals surface area contributed by atoms with Gasteiger partial charge in [0.25, 0.3) is 0 Å². The van der Waals surface area contributed by atoms with Gasteiger partial charge in [-0.2, -0.15) is 0 Å². The molecule has 0 aliphatic heterocycles. The number of carbonyl (C=O) groups excluding carboxylic acids is 2. The summed E-state index contributed by atoms with van der Waals surface area (Å²) in [6.07, 6.45) is 6.25. The Morgan fingerprint density at radius 3 is 2.41 bits per heavy atom. The van der Waals surface area contributed by atoms with Gasteiger partial charge in [-0.05, 0) is 61.2 Å². The highest BCUT2D eigenvalue weighted by atomic mass is 16.5. The van der Waals surface area contributed by atoms with Crippen molar-refractivity contribution >= 4 is 17.9 Å². The van der Waals surface area contributed by atoms with Crippen LogP contribution in [0.15, 0.2) is 77.4 Å². The molecule has 196 valence electrons. The summed E-state index contributed by atoms with van der Waals surface area (Å²) >= 11 is 0. The Hall–Kier alpha value is -4.00. The summed E-state index contributed by atoms with van der Waals surface area (Å²) < 4.78 is 16.3. The lowest BCUT2D eigenvalue weighted by atomic mass is 10.1. The van der Waals surface area contributed by atoms with Gasteiger partial charge in [0, 0.05) is 18.7 Å². The van der Waals surface area contributed by atoms with Gasteiger partial charge in [-0.1, -0.05) is 43.3 Å². The zero-order valence-electron chi connectivity index (χ0n) is 22.1. The number of benzene rings is 2. The van der Waals surface area contributed by atoms with Crippen molar-refractivity contribution < 1.29 is 23.5 Å². The maximum Gasteiger partial charge on any atom is 0.247 e. The van der Waals surface area contributed by atoms with Crippen LogP contribution in [0, 0.1) is 0 Å². The van der Waals surface area contributed by atoms with Crippen LogP contribution in [0.3, 0.4) is 0 Å². The average Bonchev–Trinajstić information content (AvgIpc) is 3.45. The van der Waals surface area contributed by atoms with Gasteiger partial charge in [0.2, 0.25) is 11.8 Å². The number of hydrogen-bond donors (Lipinski definition) is 0. The molecule has 0 unspecified atom stereocenters. The predicted octanol–water partition coefficient (Wildman–Crippen LogP) is 5.21. The maximum atomic E-state index is 13.5. The Kier molecular flexibility index (Phi) is 10.4. The van der Waals surface area contributed by atoms with E-state index in [0.717, 1.165) is 17.5 Å². The highest BCUT2D eigenvalue weighted by Gasteiger charge is 2.24. The summed E-state index contributed by atoms with van der Waals surface area (Å²) in [6, 6.07) is 18.9. The Morgan fingerprint density at radius 2 is 1.76 bits per heavy atom. The molecule has 3 rings (SSSR count). The fourth-order valence-electron chi connectivity index (χ4n) is 3.93. The third-order valence-electron chi connectivity index (χ3n) is 6.33. The highest BCUT2D eigenvalue weighted by molar-refractivity contribution is 5.94. The second-order valence-electron chi connectivity index (χ2n) is 8.80. The summed E-state index contributed by atoms with van der Waals surface area (Å²) in [5.41, 5.74) is 1.94. The van der Waals surface area contributed by atoms with Crippen molar-refractivity contribution in [1.82, 2.24) is 9.80 Å². The fraction of sp³-hybridized carbons (Fsp3) is 0.333. The molecule has 7 heteroatoms. The average molecular weight is 505 g/mol. The summed E-state index contributed by atoms with van der Waals surface area (Å²) in [4.78, 5) is 30.0. The molecule has 0 bridgehead atoms. The largest absolute Gasteiger partial charge is 0.493 e. The number of amides is 2. The molecule has 0 fully saturated rings. The molecule has 37 heavy (non-hydrogen) atoms. The van der Waals surface area contributed by atoms with Crippen LogP contribution in [0.25, 0.3) is 6.08 Å². The second kappa shape index (κ2) is 13.9. The first-order valence-corrected chi connectivity index (χ1v) is 12.5. The minimum absolute atomic E-state index is 0.0143. The van der Waals surface area contributed by atoms with Crippen molar-refractivity contribution in [1.29, 1.82) is 0 Å². The zero-order valence-corrected chi connectivity index (χ0v) is 22.1. The van der Waals surface area contributed by atoms with Gasteiger partial charge in [-0.3, -0.25) is 9.59 Å². The smallest absolute Gasteiger partial charge is 0.247 e. The van der Waals surface area contributed by atoms with Gasteiger partial charge in [0.1, 0.15) is 12.3 Å². The molecule has 0 radical (unpaired) electrons. The van der Waals surface area contributed by atoms with E-state index in [9.17, 15) is 9.59 Å². The molecular weight excluding hydrogens is 468 g/mol. The van der Waals surface area contributed by atoms with E-state index in [1.54, 1.807) is 42.4 Å². The van der Waals surface area contributed by atoms with Crippen molar-refractivity contribution in [3.8, 4) is 11.5 Å². The molecular formula is C30H36N2O5. The SMILES string of the molecule is CC[C@@H](C)N(CC(=O)N(CCc1ccc(OC)c(OC)c1)Cc1ccco1)C(=O)/C=C/c1ccccc1.